The molecule has 0 bridgehead atoms. The molecule has 19 heavy (non-hydrogen) atoms. The number of likely N-dealkylation sites (N-methyl/N-ethyl adjacent to an activating group) is 2. The van der Waals surface area contributed by atoms with Crippen LogP contribution in [-0.2, 0) is 0 Å². The van der Waals surface area contributed by atoms with Gasteiger partial charge in [-0.25, -0.2) is 0 Å². The minimum atomic E-state index is 0.523. The third-order valence-corrected chi connectivity index (χ3v) is 4.18. The van der Waals surface area contributed by atoms with Crippen LogP contribution in [0.3, 0.4) is 0 Å². The number of rotatable bonds is 3. The van der Waals surface area contributed by atoms with Gasteiger partial charge in [-0.1, -0.05) is 11.6 Å². The van der Waals surface area contributed by atoms with Gasteiger partial charge in [0.05, 0.1) is 10.7 Å². The van der Waals surface area contributed by atoms with Gasteiger partial charge in [-0.2, -0.15) is 0 Å². The Hall–Kier alpha value is -0.970. The van der Waals surface area contributed by atoms with Crippen molar-refractivity contribution in [2.75, 3.05) is 51.3 Å². The van der Waals surface area contributed by atoms with E-state index in [1.165, 1.54) is 0 Å². The molecule has 2 rings (SSSR count). The van der Waals surface area contributed by atoms with Crippen molar-refractivity contribution in [2.24, 2.45) is 0 Å². The Labute approximate surface area is 120 Å². The van der Waals surface area contributed by atoms with Crippen molar-refractivity contribution in [3.8, 4) is 0 Å². The monoisotopic (exact) mass is 282 g/mol. The van der Waals surface area contributed by atoms with Crippen molar-refractivity contribution in [1.82, 2.24) is 9.80 Å². The molecule has 1 aliphatic rings. The van der Waals surface area contributed by atoms with Gasteiger partial charge < -0.3 is 16.0 Å². The number of halogens is 1. The van der Waals surface area contributed by atoms with E-state index in [-0.39, 0.29) is 0 Å². The number of nitrogens with one attached hydrogen (secondary N) is 1. The number of hydrogen-bond acceptors (Lipinski definition) is 4. The van der Waals surface area contributed by atoms with E-state index in [1.54, 1.807) is 0 Å². The van der Waals surface area contributed by atoms with Crippen molar-refractivity contribution < 1.29 is 0 Å². The predicted octanol–water partition coefficient (Wildman–Crippen LogP) is 1.89. The number of anilines is 2. The van der Waals surface area contributed by atoms with Gasteiger partial charge in [0.1, 0.15) is 0 Å². The molecule has 0 aliphatic carbocycles. The molecular formula is C14H23ClN4. The van der Waals surface area contributed by atoms with Crippen molar-refractivity contribution in [1.29, 1.82) is 0 Å². The molecule has 0 radical (unpaired) electrons. The number of hydrogen-bond donors (Lipinski definition) is 2. The molecule has 0 amide bonds. The summed E-state index contributed by atoms with van der Waals surface area (Å²) in [5.41, 5.74) is 8.64. The summed E-state index contributed by atoms with van der Waals surface area (Å²) in [6, 6.07) is 4.36. The van der Waals surface area contributed by atoms with Crippen LogP contribution in [0.15, 0.2) is 12.1 Å². The molecule has 1 fully saturated rings. The van der Waals surface area contributed by atoms with E-state index in [2.05, 4.69) is 29.2 Å². The van der Waals surface area contributed by atoms with Crippen LogP contribution in [0, 0.1) is 6.92 Å². The summed E-state index contributed by atoms with van der Waals surface area (Å²) < 4.78 is 0. The lowest BCUT2D eigenvalue weighted by molar-refractivity contribution is 0.122. The first-order valence-electron chi connectivity index (χ1n) is 6.65. The Bertz CT molecular complexity index is 449. The van der Waals surface area contributed by atoms with E-state index in [9.17, 15) is 0 Å². The Morgan fingerprint density at radius 3 is 2.84 bits per heavy atom. The molecule has 1 saturated heterocycles. The lowest BCUT2D eigenvalue weighted by atomic mass is 10.1. The van der Waals surface area contributed by atoms with Crippen LogP contribution in [0.5, 0.6) is 0 Å². The van der Waals surface area contributed by atoms with Crippen molar-refractivity contribution in [2.45, 2.75) is 13.0 Å². The molecule has 5 heteroatoms. The van der Waals surface area contributed by atoms with Gasteiger partial charge in [-0.05, 0) is 38.7 Å². The van der Waals surface area contributed by atoms with E-state index >= 15 is 0 Å². The zero-order valence-electron chi connectivity index (χ0n) is 11.9. The van der Waals surface area contributed by atoms with Gasteiger partial charge in [0.2, 0.25) is 0 Å². The fraction of sp³-hybridized carbons (Fsp3) is 0.571. The molecule has 106 valence electrons. The number of piperazine rings is 1. The third-order valence-electron chi connectivity index (χ3n) is 3.85. The second-order valence-electron chi connectivity index (χ2n) is 5.47. The van der Waals surface area contributed by atoms with Gasteiger partial charge >= 0.3 is 0 Å². The summed E-state index contributed by atoms with van der Waals surface area (Å²) in [4.78, 5) is 4.77. The number of nitrogens with two attached hydrogens (primary N) is 1. The van der Waals surface area contributed by atoms with Crippen molar-refractivity contribution in [3.05, 3.63) is 22.7 Å². The minimum absolute atomic E-state index is 0.523. The third kappa shape index (κ3) is 3.53. The molecule has 0 spiro atoms. The molecule has 1 unspecified atom stereocenters. The molecule has 1 aromatic carbocycles. The molecule has 4 nitrogen and oxygen atoms in total. The Balaban J connectivity index is 2.00. The molecule has 1 aliphatic heterocycles. The highest BCUT2D eigenvalue weighted by Gasteiger charge is 2.21. The molecule has 3 N–H and O–H groups in total. The SMILES string of the molecule is Cc1cc(N)c(Cl)cc1NCC1CN(C)CCN1C. The zero-order chi connectivity index (χ0) is 14.0. The zero-order valence-corrected chi connectivity index (χ0v) is 12.7. The maximum Gasteiger partial charge on any atom is 0.0656 e. The van der Waals surface area contributed by atoms with Crippen LogP contribution < -0.4 is 11.1 Å². The number of aryl methyl sites for hydroxylation is 1. The molecule has 1 aromatic rings. The number of nitrogen functional groups attached to an aromatic ring is 1. The fourth-order valence-corrected chi connectivity index (χ4v) is 2.61. The van der Waals surface area contributed by atoms with Crippen LogP contribution in [0.25, 0.3) is 0 Å². The molecule has 0 saturated carbocycles. The first-order valence-corrected chi connectivity index (χ1v) is 7.03. The smallest absolute Gasteiger partial charge is 0.0656 e. The van der Waals surface area contributed by atoms with E-state index in [4.69, 9.17) is 17.3 Å². The Kier molecular flexibility index (Phi) is 4.55. The predicted molar refractivity (Wildman–Crippen MR) is 83.0 cm³/mol. The maximum absolute atomic E-state index is 6.08. The van der Waals surface area contributed by atoms with Gasteiger partial charge in [-0.3, -0.25) is 4.90 Å². The first-order chi connectivity index (χ1) is 8.97. The summed E-state index contributed by atoms with van der Waals surface area (Å²) in [7, 11) is 4.35. The van der Waals surface area contributed by atoms with Crippen molar-refractivity contribution in [3.63, 3.8) is 0 Å². The number of nitrogens with zero attached hydrogens (tertiary/aromatic N) is 2. The van der Waals surface area contributed by atoms with Gasteiger partial charge in [0, 0.05) is 37.9 Å². The van der Waals surface area contributed by atoms with Crippen molar-refractivity contribution >= 4 is 23.0 Å². The molecule has 0 aromatic heterocycles. The van der Waals surface area contributed by atoms with E-state index in [0.29, 0.717) is 16.8 Å². The highest BCUT2D eigenvalue weighted by molar-refractivity contribution is 6.33. The largest absolute Gasteiger partial charge is 0.398 e. The summed E-state index contributed by atoms with van der Waals surface area (Å²) in [5.74, 6) is 0. The normalized spacial score (nSPS) is 21.6. The van der Waals surface area contributed by atoms with Gasteiger partial charge in [0.25, 0.3) is 0 Å². The van der Waals surface area contributed by atoms with Crippen LogP contribution >= 0.6 is 11.6 Å². The van der Waals surface area contributed by atoms with Crippen LogP contribution in [-0.4, -0.2) is 56.1 Å². The first kappa shape index (κ1) is 14.4. The average molecular weight is 283 g/mol. The van der Waals surface area contributed by atoms with E-state index < -0.39 is 0 Å². The quantitative estimate of drug-likeness (QED) is 0.831. The van der Waals surface area contributed by atoms with Crippen LogP contribution in [0.1, 0.15) is 5.56 Å². The highest BCUT2D eigenvalue weighted by atomic mass is 35.5. The summed E-state index contributed by atoms with van der Waals surface area (Å²) in [6.07, 6.45) is 0. The van der Waals surface area contributed by atoms with Gasteiger partial charge in [-0.15, -0.1) is 0 Å². The molecular weight excluding hydrogens is 260 g/mol. The Morgan fingerprint density at radius 2 is 2.11 bits per heavy atom. The second kappa shape index (κ2) is 5.99. The summed E-state index contributed by atoms with van der Waals surface area (Å²) >= 11 is 6.08. The van der Waals surface area contributed by atoms with Crippen LogP contribution in [0.2, 0.25) is 5.02 Å². The lowest BCUT2D eigenvalue weighted by Crippen LogP contribution is -2.52. The Morgan fingerprint density at radius 1 is 1.37 bits per heavy atom. The summed E-state index contributed by atoms with van der Waals surface area (Å²) in [6.45, 7) is 6.31. The average Bonchev–Trinajstić information content (AvgIpc) is 2.36. The highest BCUT2D eigenvalue weighted by Crippen LogP contribution is 2.26. The lowest BCUT2D eigenvalue weighted by Gasteiger charge is -2.38. The van der Waals surface area contributed by atoms with Gasteiger partial charge in [0.15, 0.2) is 0 Å². The number of benzene rings is 1. The standard InChI is InChI=1S/C14H23ClN4/c1-10-6-13(16)12(15)7-14(10)17-8-11-9-18(2)4-5-19(11)3/h6-7,11,17H,4-5,8-9,16H2,1-3H3. The minimum Gasteiger partial charge on any atom is -0.398 e. The van der Waals surface area contributed by atoms with E-state index in [0.717, 1.165) is 37.4 Å². The van der Waals surface area contributed by atoms with E-state index in [1.807, 2.05) is 19.1 Å². The topological polar surface area (TPSA) is 44.5 Å². The maximum atomic E-state index is 6.08. The molecule has 1 heterocycles. The molecule has 1 atom stereocenters. The second-order valence-corrected chi connectivity index (χ2v) is 5.87. The summed E-state index contributed by atoms with van der Waals surface area (Å²) in [5, 5.41) is 4.11. The van der Waals surface area contributed by atoms with Crippen LogP contribution in [0.4, 0.5) is 11.4 Å². The fourth-order valence-electron chi connectivity index (χ4n) is 2.44.